The molecule has 0 aromatic rings. The van der Waals surface area contributed by atoms with Crippen molar-refractivity contribution in [2.24, 2.45) is 11.8 Å². The van der Waals surface area contributed by atoms with E-state index in [1.54, 1.807) is 0 Å². The Kier molecular flexibility index (Phi) is 4.60. The summed E-state index contributed by atoms with van der Waals surface area (Å²) in [4.78, 5) is 37.8. The van der Waals surface area contributed by atoms with Crippen LogP contribution in [0.4, 0.5) is 0 Å². The normalized spacial score (nSPS) is 28.3. The molecule has 3 amide bonds. The number of carbonyl (C=O) groups excluding carboxylic acids is 3. The van der Waals surface area contributed by atoms with Crippen LogP contribution in [-0.4, -0.2) is 35.2 Å². The molecule has 1 saturated heterocycles. The zero-order chi connectivity index (χ0) is 15.5. The number of hydrogen-bond donors (Lipinski definition) is 1. The molecule has 0 aromatic heterocycles. The summed E-state index contributed by atoms with van der Waals surface area (Å²) in [5.74, 6) is -0.370. The minimum atomic E-state index is -0.162. The molecule has 0 aromatic carbocycles. The average molecular weight is 304 g/mol. The van der Waals surface area contributed by atoms with Gasteiger partial charge in [0.2, 0.25) is 17.7 Å². The summed E-state index contributed by atoms with van der Waals surface area (Å²) < 4.78 is 0. The number of fused-ring (bicyclic) bond motifs is 1. The molecule has 120 valence electrons. The zero-order valence-corrected chi connectivity index (χ0v) is 12.9. The van der Waals surface area contributed by atoms with Gasteiger partial charge in [0.1, 0.15) is 0 Å². The van der Waals surface area contributed by atoms with Gasteiger partial charge < -0.3 is 5.32 Å². The van der Waals surface area contributed by atoms with E-state index in [0.717, 1.165) is 12.8 Å². The van der Waals surface area contributed by atoms with Crippen LogP contribution in [0.15, 0.2) is 12.2 Å². The fourth-order valence-corrected chi connectivity index (χ4v) is 3.86. The van der Waals surface area contributed by atoms with E-state index in [1.807, 2.05) is 12.2 Å². The molecule has 1 N–H and O–H groups in total. The Hall–Kier alpha value is -1.65. The molecule has 1 aliphatic heterocycles. The average Bonchev–Trinajstić information content (AvgIpc) is 3.10. The van der Waals surface area contributed by atoms with Crippen molar-refractivity contribution in [3.05, 3.63) is 12.2 Å². The minimum absolute atomic E-state index is 0.0458. The van der Waals surface area contributed by atoms with Crippen LogP contribution >= 0.6 is 0 Å². The number of imide groups is 1. The van der Waals surface area contributed by atoms with E-state index in [1.165, 1.54) is 17.7 Å². The Balaban J connectivity index is 1.44. The smallest absolute Gasteiger partial charge is 0.233 e. The molecule has 2 atom stereocenters. The van der Waals surface area contributed by atoms with Crippen molar-refractivity contribution in [1.82, 2.24) is 10.2 Å². The van der Waals surface area contributed by atoms with E-state index < -0.39 is 0 Å². The predicted octanol–water partition coefficient (Wildman–Crippen LogP) is 1.78. The first-order valence-electron chi connectivity index (χ1n) is 8.46. The topological polar surface area (TPSA) is 66.5 Å². The zero-order valence-electron chi connectivity index (χ0n) is 12.9. The highest BCUT2D eigenvalue weighted by molar-refractivity contribution is 6.05. The van der Waals surface area contributed by atoms with E-state index >= 15 is 0 Å². The number of nitrogens with one attached hydrogen (secondary N) is 1. The third-order valence-electron chi connectivity index (χ3n) is 5.10. The van der Waals surface area contributed by atoms with Gasteiger partial charge in [0.25, 0.3) is 0 Å². The van der Waals surface area contributed by atoms with Gasteiger partial charge in [-0.3, -0.25) is 19.3 Å². The number of hydrogen-bond acceptors (Lipinski definition) is 3. The molecule has 2 aliphatic carbocycles. The molecule has 2 unspecified atom stereocenters. The maximum absolute atomic E-state index is 12.3. The standard InChI is InChI=1S/C17H24N2O3/c20-15(18-12-6-1-2-7-12)10-5-11-19-16(21)13-8-3-4-9-14(13)17(19)22/h3-4,12-14H,1-2,5-11H2,(H,18,20). The first-order chi connectivity index (χ1) is 10.7. The summed E-state index contributed by atoms with van der Waals surface area (Å²) in [5.41, 5.74) is 0. The molecule has 0 spiro atoms. The van der Waals surface area contributed by atoms with Crippen LogP contribution in [0, 0.1) is 11.8 Å². The summed E-state index contributed by atoms with van der Waals surface area (Å²) in [6.45, 7) is 0.378. The quantitative estimate of drug-likeness (QED) is 0.622. The first kappa shape index (κ1) is 15.3. The predicted molar refractivity (Wildman–Crippen MR) is 81.7 cm³/mol. The lowest BCUT2D eigenvalue weighted by molar-refractivity contribution is -0.140. The molecule has 3 rings (SSSR count). The molecule has 2 fully saturated rings. The third-order valence-corrected chi connectivity index (χ3v) is 5.10. The first-order valence-corrected chi connectivity index (χ1v) is 8.46. The van der Waals surface area contributed by atoms with Crippen molar-refractivity contribution in [2.75, 3.05) is 6.54 Å². The van der Waals surface area contributed by atoms with Gasteiger partial charge >= 0.3 is 0 Å². The van der Waals surface area contributed by atoms with Crippen molar-refractivity contribution >= 4 is 17.7 Å². The van der Waals surface area contributed by atoms with E-state index in [2.05, 4.69) is 5.32 Å². The van der Waals surface area contributed by atoms with Crippen LogP contribution in [0.3, 0.4) is 0 Å². The maximum Gasteiger partial charge on any atom is 0.233 e. The number of carbonyl (C=O) groups is 3. The molecule has 1 saturated carbocycles. The second-order valence-electron chi connectivity index (χ2n) is 6.64. The summed E-state index contributed by atoms with van der Waals surface area (Å²) >= 11 is 0. The van der Waals surface area contributed by atoms with E-state index in [9.17, 15) is 14.4 Å². The Morgan fingerprint density at radius 2 is 1.68 bits per heavy atom. The largest absolute Gasteiger partial charge is 0.353 e. The molecule has 0 radical (unpaired) electrons. The second kappa shape index (κ2) is 6.63. The summed E-state index contributed by atoms with van der Waals surface area (Å²) in [6, 6.07) is 0.330. The number of nitrogens with zero attached hydrogens (tertiary/aromatic N) is 1. The van der Waals surface area contributed by atoms with Crippen LogP contribution in [0.25, 0.3) is 0 Å². The van der Waals surface area contributed by atoms with Crippen LogP contribution in [0.2, 0.25) is 0 Å². The lowest BCUT2D eigenvalue weighted by Gasteiger charge is -2.15. The van der Waals surface area contributed by atoms with E-state index in [4.69, 9.17) is 0 Å². The molecule has 5 heteroatoms. The monoisotopic (exact) mass is 304 g/mol. The van der Waals surface area contributed by atoms with Crippen molar-refractivity contribution in [1.29, 1.82) is 0 Å². The van der Waals surface area contributed by atoms with Gasteiger partial charge in [-0.25, -0.2) is 0 Å². The Morgan fingerprint density at radius 3 is 2.27 bits per heavy atom. The Bertz CT molecular complexity index is 468. The molecule has 5 nitrogen and oxygen atoms in total. The van der Waals surface area contributed by atoms with E-state index in [0.29, 0.717) is 38.3 Å². The van der Waals surface area contributed by atoms with Gasteiger partial charge in [0.05, 0.1) is 11.8 Å². The third kappa shape index (κ3) is 3.08. The number of likely N-dealkylation sites (tertiary alicyclic amines) is 1. The minimum Gasteiger partial charge on any atom is -0.353 e. The molecule has 0 bridgehead atoms. The highest BCUT2D eigenvalue weighted by atomic mass is 16.2. The summed E-state index contributed by atoms with van der Waals surface area (Å²) in [5, 5.41) is 3.04. The SMILES string of the molecule is O=C(CCCN1C(=O)C2CC=CCC2C1=O)NC1CCCC1. The van der Waals surface area contributed by atoms with Crippen molar-refractivity contribution in [3.8, 4) is 0 Å². The molecule has 3 aliphatic rings. The fraction of sp³-hybridized carbons (Fsp3) is 0.706. The van der Waals surface area contributed by atoms with Gasteiger partial charge in [0.15, 0.2) is 0 Å². The maximum atomic E-state index is 12.3. The van der Waals surface area contributed by atoms with Crippen LogP contribution in [0.1, 0.15) is 51.4 Å². The summed E-state index contributed by atoms with van der Waals surface area (Å²) in [7, 11) is 0. The van der Waals surface area contributed by atoms with Gasteiger partial charge in [0, 0.05) is 19.0 Å². The summed E-state index contributed by atoms with van der Waals surface area (Å²) in [6.07, 6.45) is 10.8. The highest BCUT2D eigenvalue weighted by Gasteiger charge is 2.46. The van der Waals surface area contributed by atoms with Crippen LogP contribution in [-0.2, 0) is 14.4 Å². The van der Waals surface area contributed by atoms with E-state index in [-0.39, 0.29) is 29.6 Å². The molecular formula is C17H24N2O3. The number of allylic oxidation sites excluding steroid dienone is 2. The highest BCUT2D eigenvalue weighted by Crippen LogP contribution is 2.35. The van der Waals surface area contributed by atoms with Gasteiger partial charge in [-0.05, 0) is 32.1 Å². The van der Waals surface area contributed by atoms with Gasteiger partial charge in [-0.15, -0.1) is 0 Å². The molecule has 1 heterocycles. The van der Waals surface area contributed by atoms with Crippen molar-refractivity contribution < 1.29 is 14.4 Å². The molecule has 22 heavy (non-hydrogen) atoms. The van der Waals surface area contributed by atoms with Crippen molar-refractivity contribution in [3.63, 3.8) is 0 Å². The van der Waals surface area contributed by atoms with Crippen LogP contribution < -0.4 is 5.32 Å². The van der Waals surface area contributed by atoms with Crippen molar-refractivity contribution in [2.45, 2.75) is 57.4 Å². The van der Waals surface area contributed by atoms with Gasteiger partial charge in [-0.2, -0.15) is 0 Å². The number of rotatable bonds is 5. The fourth-order valence-electron chi connectivity index (χ4n) is 3.86. The second-order valence-corrected chi connectivity index (χ2v) is 6.64. The number of amides is 3. The molecular weight excluding hydrogens is 280 g/mol. The lowest BCUT2D eigenvalue weighted by Crippen LogP contribution is -2.35. The Morgan fingerprint density at radius 1 is 1.09 bits per heavy atom. The van der Waals surface area contributed by atoms with Gasteiger partial charge in [-0.1, -0.05) is 25.0 Å². The van der Waals surface area contributed by atoms with Crippen LogP contribution in [0.5, 0.6) is 0 Å². The lowest BCUT2D eigenvalue weighted by atomic mass is 9.85. The Labute approximate surface area is 131 Å².